The maximum Gasteiger partial charge on any atom is 0.301 e. The Hall–Kier alpha value is -0.860. The highest BCUT2D eigenvalue weighted by atomic mass is 79.9. The lowest BCUT2D eigenvalue weighted by Gasteiger charge is -2.30. The Bertz CT molecular complexity index is 560. The molecule has 5 nitrogen and oxygen atoms in total. The molecule has 18 heavy (non-hydrogen) atoms. The van der Waals surface area contributed by atoms with Gasteiger partial charge in [-0.2, -0.15) is 12.7 Å². The van der Waals surface area contributed by atoms with Crippen LogP contribution in [-0.4, -0.2) is 32.9 Å². The molecule has 1 aromatic rings. The fraction of sp³-hybridized carbons (Fsp3) is 0.400. The predicted octanol–water partition coefficient (Wildman–Crippen LogP) is 1.96. The smallest absolute Gasteiger partial charge is 0.301 e. The van der Waals surface area contributed by atoms with Crippen LogP contribution in [0.5, 0.6) is 5.75 Å². The minimum atomic E-state index is -3.58. The summed E-state index contributed by atoms with van der Waals surface area (Å²) in [4.78, 5) is 0. The van der Waals surface area contributed by atoms with E-state index in [9.17, 15) is 12.8 Å². The largest absolute Gasteiger partial charge is 0.494 e. The van der Waals surface area contributed by atoms with Gasteiger partial charge in [0.25, 0.3) is 0 Å². The Balaban J connectivity index is 2.30. The molecule has 1 aliphatic rings. The van der Waals surface area contributed by atoms with Crippen molar-refractivity contribution in [2.75, 3.05) is 24.9 Å². The Morgan fingerprint density at radius 1 is 1.44 bits per heavy atom. The van der Waals surface area contributed by atoms with Crippen molar-refractivity contribution >= 4 is 31.8 Å². The van der Waals surface area contributed by atoms with Crippen LogP contribution in [0.25, 0.3) is 0 Å². The van der Waals surface area contributed by atoms with Crippen LogP contribution in [0.15, 0.2) is 16.6 Å². The molecule has 0 radical (unpaired) electrons. The van der Waals surface area contributed by atoms with E-state index in [4.69, 9.17) is 4.74 Å². The van der Waals surface area contributed by atoms with Gasteiger partial charge in [-0.1, -0.05) is 0 Å². The van der Waals surface area contributed by atoms with Crippen molar-refractivity contribution in [3.05, 3.63) is 22.4 Å². The summed E-state index contributed by atoms with van der Waals surface area (Å²) in [5.74, 6) is -0.376. The van der Waals surface area contributed by atoms with Crippen molar-refractivity contribution in [1.82, 2.24) is 4.31 Å². The van der Waals surface area contributed by atoms with Gasteiger partial charge in [-0.25, -0.2) is 4.39 Å². The molecule has 0 saturated carbocycles. The van der Waals surface area contributed by atoms with Crippen LogP contribution in [0, 0.1) is 5.82 Å². The van der Waals surface area contributed by atoms with E-state index in [1.165, 1.54) is 17.5 Å². The second-order valence-electron chi connectivity index (χ2n) is 3.83. The zero-order valence-corrected chi connectivity index (χ0v) is 12.0. The normalized spacial score (nSPS) is 16.2. The zero-order valence-electron chi connectivity index (χ0n) is 9.61. The van der Waals surface area contributed by atoms with Gasteiger partial charge >= 0.3 is 10.2 Å². The van der Waals surface area contributed by atoms with Crippen LogP contribution in [0.1, 0.15) is 6.42 Å². The van der Waals surface area contributed by atoms with E-state index in [0.717, 1.165) is 12.5 Å². The number of methoxy groups -OCH3 is 1. The van der Waals surface area contributed by atoms with Crippen LogP contribution in [0.4, 0.5) is 10.1 Å². The SMILES string of the molecule is COc1cc(F)c(Br)cc1NS(=O)(=O)N1CCC1. The summed E-state index contributed by atoms with van der Waals surface area (Å²) in [7, 11) is -2.23. The van der Waals surface area contributed by atoms with Crippen LogP contribution in [0.3, 0.4) is 0 Å². The summed E-state index contributed by atoms with van der Waals surface area (Å²) in [6, 6.07) is 2.46. The number of hydrogen-bond acceptors (Lipinski definition) is 3. The summed E-state index contributed by atoms with van der Waals surface area (Å²) >= 11 is 3.01. The fourth-order valence-electron chi connectivity index (χ4n) is 1.51. The Kier molecular flexibility index (Phi) is 3.79. The predicted molar refractivity (Wildman–Crippen MR) is 69.4 cm³/mol. The molecule has 1 aromatic carbocycles. The minimum absolute atomic E-state index is 0.139. The topological polar surface area (TPSA) is 58.6 Å². The first-order chi connectivity index (χ1) is 8.44. The van der Waals surface area contributed by atoms with E-state index in [1.807, 2.05) is 0 Å². The van der Waals surface area contributed by atoms with Gasteiger partial charge in [0.15, 0.2) is 0 Å². The standard InChI is InChI=1S/C10H12BrFN2O3S/c1-17-10-6-8(12)7(11)5-9(10)13-18(15,16)14-3-2-4-14/h5-6,13H,2-4H2,1H3. The summed E-state index contributed by atoms with van der Waals surface area (Å²) in [6.45, 7) is 1.00. The molecular weight excluding hydrogens is 327 g/mol. The Morgan fingerprint density at radius 3 is 2.61 bits per heavy atom. The highest BCUT2D eigenvalue weighted by Crippen LogP contribution is 2.32. The molecule has 8 heteroatoms. The first-order valence-corrected chi connectivity index (χ1v) is 7.48. The molecule has 1 saturated heterocycles. The average molecular weight is 339 g/mol. The first-order valence-electron chi connectivity index (χ1n) is 5.25. The lowest BCUT2D eigenvalue weighted by atomic mass is 10.3. The molecular formula is C10H12BrFN2O3S. The van der Waals surface area contributed by atoms with Gasteiger partial charge in [-0.3, -0.25) is 4.72 Å². The summed E-state index contributed by atoms with van der Waals surface area (Å²) in [5.41, 5.74) is 0.206. The monoisotopic (exact) mass is 338 g/mol. The molecule has 1 heterocycles. The van der Waals surface area contributed by atoms with Crippen molar-refractivity contribution < 1.29 is 17.5 Å². The number of nitrogens with one attached hydrogen (secondary N) is 1. The first kappa shape index (κ1) is 13.6. The van der Waals surface area contributed by atoms with Gasteiger partial charge < -0.3 is 4.74 Å². The molecule has 0 aliphatic carbocycles. The highest BCUT2D eigenvalue weighted by molar-refractivity contribution is 9.10. The van der Waals surface area contributed by atoms with Crippen molar-refractivity contribution in [3.63, 3.8) is 0 Å². The number of anilines is 1. The maximum absolute atomic E-state index is 13.3. The molecule has 1 N–H and O–H groups in total. The molecule has 1 aliphatic heterocycles. The van der Waals surface area contributed by atoms with Crippen molar-refractivity contribution in [1.29, 1.82) is 0 Å². The molecule has 0 unspecified atom stereocenters. The summed E-state index contributed by atoms with van der Waals surface area (Å²) in [6.07, 6.45) is 0.852. The average Bonchev–Trinajstić information content (AvgIpc) is 2.19. The highest BCUT2D eigenvalue weighted by Gasteiger charge is 2.28. The van der Waals surface area contributed by atoms with Gasteiger partial charge in [0, 0.05) is 19.2 Å². The Labute approximate surface area is 113 Å². The third-order valence-electron chi connectivity index (χ3n) is 2.64. The van der Waals surface area contributed by atoms with E-state index < -0.39 is 16.0 Å². The fourth-order valence-corrected chi connectivity index (χ4v) is 3.16. The minimum Gasteiger partial charge on any atom is -0.494 e. The number of hydrogen-bond donors (Lipinski definition) is 1. The number of nitrogens with zero attached hydrogens (tertiary/aromatic N) is 1. The molecule has 0 atom stereocenters. The molecule has 1 fully saturated rings. The number of benzene rings is 1. The molecule has 100 valence electrons. The van der Waals surface area contributed by atoms with E-state index in [0.29, 0.717) is 13.1 Å². The molecule has 0 spiro atoms. The number of ether oxygens (including phenoxy) is 1. The third kappa shape index (κ3) is 2.60. The van der Waals surface area contributed by atoms with Gasteiger partial charge in [-0.15, -0.1) is 0 Å². The van der Waals surface area contributed by atoms with Crippen LogP contribution in [0.2, 0.25) is 0 Å². The second kappa shape index (κ2) is 5.02. The molecule has 2 rings (SSSR count). The summed E-state index contributed by atoms with van der Waals surface area (Å²) < 4.78 is 45.9. The lowest BCUT2D eigenvalue weighted by Crippen LogP contribution is -2.45. The van der Waals surface area contributed by atoms with E-state index in [1.54, 1.807) is 0 Å². The summed E-state index contributed by atoms with van der Waals surface area (Å²) in [5, 5.41) is 0. The van der Waals surface area contributed by atoms with Gasteiger partial charge in [0.05, 0.1) is 17.3 Å². The quantitative estimate of drug-likeness (QED) is 0.912. The van der Waals surface area contributed by atoms with Crippen LogP contribution < -0.4 is 9.46 Å². The number of rotatable bonds is 4. The van der Waals surface area contributed by atoms with Crippen molar-refractivity contribution in [3.8, 4) is 5.75 Å². The van der Waals surface area contributed by atoms with Crippen molar-refractivity contribution in [2.24, 2.45) is 0 Å². The lowest BCUT2D eigenvalue weighted by molar-refractivity contribution is 0.311. The van der Waals surface area contributed by atoms with Gasteiger partial charge in [0.2, 0.25) is 0 Å². The van der Waals surface area contributed by atoms with Gasteiger partial charge in [0.1, 0.15) is 11.6 Å². The zero-order chi connectivity index (χ0) is 13.3. The van der Waals surface area contributed by atoms with E-state index in [-0.39, 0.29) is 15.9 Å². The van der Waals surface area contributed by atoms with E-state index >= 15 is 0 Å². The maximum atomic E-state index is 13.3. The van der Waals surface area contributed by atoms with Crippen LogP contribution >= 0.6 is 15.9 Å². The molecule has 0 aromatic heterocycles. The molecule has 0 bridgehead atoms. The van der Waals surface area contributed by atoms with E-state index in [2.05, 4.69) is 20.7 Å². The van der Waals surface area contributed by atoms with Crippen molar-refractivity contribution in [2.45, 2.75) is 6.42 Å². The third-order valence-corrected chi connectivity index (χ3v) is 4.77. The molecule has 0 amide bonds. The number of halogens is 2. The second-order valence-corrected chi connectivity index (χ2v) is 6.35. The van der Waals surface area contributed by atoms with Crippen LogP contribution in [-0.2, 0) is 10.2 Å². The van der Waals surface area contributed by atoms with Gasteiger partial charge in [-0.05, 0) is 28.4 Å². The Morgan fingerprint density at radius 2 is 2.11 bits per heavy atom.